The molecule has 0 spiro atoms. The van der Waals surface area contributed by atoms with Gasteiger partial charge in [-0.15, -0.1) is 0 Å². The van der Waals surface area contributed by atoms with Gasteiger partial charge in [-0.25, -0.2) is 9.97 Å². The number of anilines is 1. The SMILES string of the molecule is N#Cc1ccnc(NCC[C@@H]2CCCN2)n1. The van der Waals surface area contributed by atoms with E-state index in [4.69, 9.17) is 5.26 Å². The highest BCUT2D eigenvalue weighted by Gasteiger charge is 2.12. The van der Waals surface area contributed by atoms with E-state index in [1.807, 2.05) is 6.07 Å². The summed E-state index contributed by atoms with van der Waals surface area (Å²) in [5.41, 5.74) is 0.400. The van der Waals surface area contributed by atoms with Crippen molar-refractivity contribution in [3.63, 3.8) is 0 Å². The Hall–Kier alpha value is -1.67. The monoisotopic (exact) mass is 217 g/mol. The van der Waals surface area contributed by atoms with Crippen LogP contribution in [0.4, 0.5) is 5.95 Å². The summed E-state index contributed by atoms with van der Waals surface area (Å²) in [6, 6.07) is 4.21. The Morgan fingerprint density at radius 1 is 1.62 bits per heavy atom. The average molecular weight is 217 g/mol. The molecule has 84 valence electrons. The molecule has 1 aliphatic rings. The molecule has 0 saturated carbocycles. The van der Waals surface area contributed by atoms with E-state index in [0.29, 0.717) is 17.7 Å². The van der Waals surface area contributed by atoms with Gasteiger partial charge in [-0.05, 0) is 31.9 Å². The van der Waals surface area contributed by atoms with Gasteiger partial charge < -0.3 is 10.6 Å². The molecular formula is C11H15N5. The van der Waals surface area contributed by atoms with Crippen molar-refractivity contribution in [2.24, 2.45) is 0 Å². The van der Waals surface area contributed by atoms with Gasteiger partial charge in [0.2, 0.25) is 5.95 Å². The van der Waals surface area contributed by atoms with Gasteiger partial charge in [-0.2, -0.15) is 5.26 Å². The van der Waals surface area contributed by atoms with E-state index >= 15 is 0 Å². The molecule has 5 heteroatoms. The zero-order chi connectivity index (χ0) is 11.2. The minimum atomic E-state index is 0.400. The first kappa shape index (κ1) is 10.8. The van der Waals surface area contributed by atoms with E-state index < -0.39 is 0 Å². The summed E-state index contributed by atoms with van der Waals surface area (Å²) in [6.07, 6.45) is 5.19. The number of nitrogens with zero attached hydrogens (tertiary/aromatic N) is 3. The second-order valence-electron chi connectivity index (χ2n) is 3.89. The molecule has 5 nitrogen and oxygen atoms in total. The van der Waals surface area contributed by atoms with Crippen LogP contribution in [0.5, 0.6) is 0 Å². The van der Waals surface area contributed by atoms with Crippen LogP contribution < -0.4 is 10.6 Å². The molecule has 1 aromatic rings. The zero-order valence-corrected chi connectivity index (χ0v) is 9.11. The maximum Gasteiger partial charge on any atom is 0.223 e. The summed E-state index contributed by atoms with van der Waals surface area (Å²) in [4.78, 5) is 8.11. The van der Waals surface area contributed by atoms with Gasteiger partial charge in [0.05, 0.1) is 0 Å². The summed E-state index contributed by atoms with van der Waals surface area (Å²) in [7, 11) is 0. The van der Waals surface area contributed by atoms with Crippen molar-refractivity contribution < 1.29 is 0 Å². The number of rotatable bonds is 4. The third kappa shape index (κ3) is 2.91. The van der Waals surface area contributed by atoms with Crippen molar-refractivity contribution in [2.45, 2.75) is 25.3 Å². The highest BCUT2D eigenvalue weighted by Crippen LogP contribution is 2.08. The molecule has 0 radical (unpaired) electrons. The molecule has 2 N–H and O–H groups in total. The highest BCUT2D eigenvalue weighted by atomic mass is 15.1. The Labute approximate surface area is 94.9 Å². The van der Waals surface area contributed by atoms with Crippen molar-refractivity contribution in [3.05, 3.63) is 18.0 Å². The van der Waals surface area contributed by atoms with Crippen LogP contribution in [-0.2, 0) is 0 Å². The first-order valence-electron chi connectivity index (χ1n) is 5.59. The van der Waals surface area contributed by atoms with E-state index in [0.717, 1.165) is 19.5 Å². The third-order valence-corrected chi connectivity index (χ3v) is 2.71. The largest absolute Gasteiger partial charge is 0.354 e. The Balaban J connectivity index is 1.78. The molecule has 1 fully saturated rings. The molecule has 16 heavy (non-hydrogen) atoms. The smallest absolute Gasteiger partial charge is 0.223 e. The van der Waals surface area contributed by atoms with E-state index in [-0.39, 0.29) is 0 Å². The van der Waals surface area contributed by atoms with Crippen LogP contribution in [-0.4, -0.2) is 29.1 Å². The predicted octanol–water partition coefficient (Wildman–Crippen LogP) is 0.902. The molecule has 2 heterocycles. The van der Waals surface area contributed by atoms with Crippen molar-refractivity contribution in [1.82, 2.24) is 15.3 Å². The zero-order valence-electron chi connectivity index (χ0n) is 9.11. The second kappa shape index (κ2) is 5.42. The Bertz CT molecular complexity index is 378. The van der Waals surface area contributed by atoms with Crippen LogP contribution in [0.15, 0.2) is 12.3 Å². The Kier molecular flexibility index (Phi) is 3.67. The summed E-state index contributed by atoms with van der Waals surface area (Å²) in [5, 5.41) is 15.2. The van der Waals surface area contributed by atoms with Gasteiger partial charge in [0, 0.05) is 18.8 Å². The lowest BCUT2D eigenvalue weighted by atomic mass is 10.1. The van der Waals surface area contributed by atoms with Crippen molar-refractivity contribution >= 4 is 5.95 Å². The average Bonchev–Trinajstić information content (AvgIpc) is 2.82. The van der Waals surface area contributed by atoms with Crippen LogP contribution >= 0.6 is 0 Å². The third-order valence-electron chi connectivity index (χ3n) is 2.71. The molecule has 1 aliphatic heterocycles. The van der Waals surface area contributed by atoms with Crippen molar-refractivity contribution in [2.75, 3.05) is 18.4 Å². The summed E-state index contributed by atoms with van der Waals surface area (Å²) >= 11 is 0. The molecule has 0 unspecified atom stereocenters. The van der Waals surface area contributed by atoms with Crippen LogP contribution in [0.2, 0.25) is 0 Å². The van der Waals surface area contributed by atoms with E-state index in [1.165, 1.54) is 12.8 Å². The van der Waals surface area contributed by atoms with Gasteiger partial charge in [0.1, 0.15) is 11.8 Å². The first-order valence-corrected chi connectivity index (χ1v) is 5.59. The lowest BCUT2D eigenvalue weighted by molar-refractivity contribution is 0.573. The highest BCUT2D eigenvalue weighted by molar-refractivity contribution is 5.29. The minimum absolute atomic E-state index is 0.400. The van der Waals surface area contributed by atoms with E-state index in [1.54, 1.807) is 12.3 Å². The molecular weight excluding hydrogens is 202 g/mol. The number of hydrogen-bond acceptors (Lipinski definition) is 5. The summed E-state index contributed by atoms with van der Waals surface area (Å²) < 4.78 is 0. The van der Waals surface area contributed by atoms with E-state index in [9.17, 15) is 0 Å². The molecule has 0 bridgehead atoms. The number of hydrogen-bond donors (Lipinski definition) is 2. The molecule has 2 rings (SSSR count). The quantitative estimate of drug-likeness (QED) is 0.784. The fourth-order valence-corrected chi connectivity index (χ4v) is 1.87. The van der Waals surface area contributed by atoms with Crippen molar-refractivity contribution in [1.29, 1.82) is 5.26 Å². The molecule has 1 saturated heterocycles. The predicted molar refractivity (Wildman–Crippen MR) is 60.9 cm³/mol. The van der Waals surface area contributed by atoms with Gasteiger partial charge >= 0.3 is 0 Å². The summed E-state index contributed by atoms with van der Waals surface area (Å²) in [5.74, 6) is 0.539. The van der Waals surface area contributed by atoms with Gasteiger partial charge in [-0.3, -0.25) is 0 Å². The van der Waals surface area contributed by atoms with Crippen LogP contribution in [0, 0.1) is 11.3 Å². The molecule has 1 atom stereocenters. The Morgan fingerprint density at radius 3 is 3.31 bits per heavy atom. The van der Waals surface area contributed by atoms with Crippen LogP contribution in [0.3, 0.4) is 0 Å². The minimum Gasteiger partial charge on any atom is -0.354 e. The van der Waals surface area contributed by atoms with Gasteiger partial charge in [-0.1, -0.05) is 0 Å². The topological polar surface area (TPSA) is 73.6 Å². The maximum atomic E-state index is 8.68. The standard InChI is InChI=1S/C11H15N5/c12-8-10-4-7-15-11(16-10)14-6-3-9-2-1-5-13-9/h4,7,9,13H,1-3,5-6H2,(H,14,15,16)/t9-/m0/s1. The lowest BCUT2D eigenvalue weighted by Gasteiger charge is -2.10. The number of nitrogens with one attached hydrogen (secondary N) is 2. The molecule has 0 amide bonds. The molecule has 0 aromatic carbocycles. The van der Waals surface area contributed by atoms with E-state index in [2.05, 4.69) is 20.6 Å². The maximum absolute atomic E-state index is 8.68. The van der Waals surface area contributed by atoms with Gasteiger partial charge in [0.25, 0.3) is 0 Å². The number of nitriles is 1. The fraction of sp³-hybridized carbons (Fsp3) is 0.545. The lowest BCUT2D eigenvalue weighted by Crippen LogP contribution is -2.24. The van der Waals surface area contributed by atoms with Gasteiger partial charge in [0.15, 0.2) is 0 Å². The molecule has 0 aliphatic carbocycles. The normalized spacial score (nSPS) is 19.3. The van der Waals surface area contributed by atoms with Crippen LogP contribution in [0.1, 0.15) is 25.0 Å². The number of aromatic nitrogens is 2. The summed E-state index contributed by atoms with van der Waals surface area (Å²) in [6.45, 7) is 1.97. The molecule has 1 aromatic heterocycles. The van der Waals surface area contributed by atoms with Crippen molar-refractivity contribution in [3.8, 4) is 6.07 Å². The Morgan fingerprint density at radius 2 is 2.56 bits per heavy atom. The first-order chi connectivity index (χ1) is 7.88. The fourth-order valence-electron chi connectivity index (χ4n) is 1.87. The van der Waals surface area contributed by atoms with Crippen LogP contribution in [0.25, 0.3) is 0 Å². The second-order valence-corrected chi connectivity index (χ2v) is 3.89.